The van der Waals surface area contributed by atoms with Crippen LogP contribution in [0.25, 0.3) is 0 Å². The highest BCUT2D eigenvalue weighted by Gasteiger charge is 2.24. The fraction of sp³-hybridized carbons (Fsp3) is 0.412. The van der Waals surface area contributed by atoms with E-state index < -0.39 is 12.0 Å². The lowest BCUT2D eigenvalue weighted by Crippen LogP contribution is -2.33. The van der Waals surface area contributed by atoms with E-state index in [1.165, 1.54) is 0 Å². The van der Waals surface area contributed by atoms with Crippen LogP contribution >= 0.6 is 0 Å². The standard InChI is InChI=1S/C17H23N3O3/c1-13(2)23-15-7-5-14(6-8-15)16(17(21)22)19(3)11-12-20-10-4-9-18-20/h4-10,13,16H,11-12H2,1-3H3,(H,21,22). The third kappa shape index (κ3) is 4.82. The van der Waals surface area contributed by atoms with Crippen molar-refractivity contribution in [2.75, 3.05) is 13.6 Å². The molecule has 0 saturated carbocycles. The molecule has 0 radical (unpaired) electrons. The summed E-state index contributed by atoms with van der Waals surface area (Å²) in [6.07, 6.45) is 3.66. The quantitative estimate of drug-likeness (QED) is 0.810. The van der Waals surface area contributed by atoms with Crippen LogP contribution in [0, 0.1) is 0 Å². The lowest BCUT2D eigenvalue weighted by Gasteiger charge is -2.25. The molecule has 1 aromatic heterocycles. The first-order chi connectivity index (χ1) is 11.0. The molecule has 2 aromatic rings. The molecule has 6 nitrogen and oxygen atoms in total. The number of benzene rings is 1. The minimum atomic E-state index is -0.870. The van der Waals surface area contributed by atoms with Crippen molar-refractivity contribution in [2.24, 2.45) is 0 Å². The summed E-state index contributed by atoms with van der Waals surface area (Å²) in [7, 11) is 1.81. The molecule has 0 aliphatic heterocycles. The summed E-state index contributed by atoms with van der Waals surface area (Å²) in [4.78, 5) is 13.5. The highest BCUT2D eigenvalue weighted by molar-refractivity contribution is 5.75. The Kier molecular flexibility index (Phi) is 5.76. The second-order valence-corrected chi connectivity index (χ2v) is 5.73. The molecule has 1 heterocycles. The van der Waals surface area contributed by atoms with Gasteiger partial charge in [0.05, 0.1) is 12.6 Å². The molecule has 1 N–H and O–H groups in total. The van der Waals surface area contributed by atoms with E-state index in [-0.39, 0.29) is 6.10 Å². The van der Waals surface area contributed by atoms with E-state index in [1.807, 2.05) is 43.1 Å². The summed E-state index contributed by atoms with van der Waals surface area (Å²) < 4.78 is 7.38. The van der Waals surface area contributed by atoms with Gasteiger partial charge in [-0.2, -0.15) is 5.10 Å². The van der Waals surface area contributed by atoms with Gasteiger partial charge in [0.25, 0.3) is 0 Å². The van der Waals surface area contributed by atoms with Crippen LogP contribution in [0.4, 0.5) is 0 Å². The molecule has 0 amide bonds. The Morgan fingerprint density at radius 2 is 2.04 bits per heavy atom. The molecular weight excluding hydrogens is 294 g/mol. The van der Waals surface area contributed by atoms with Gasteiger partial charge in [0, 0.05) is 18.9 Å². The van der Waals surface area contributed by atoms with Crippen molar-refractivity contribution in [3.05, 3.63) is 48.3 Å². The lowest BCUT2D eigenvalue weighted by molar-refractivity contribution is -0.143. The highest BCUT2D eigenvalue weighted by atomic mass is 16.5. The lowest BCUT2D eigenvalue weighted by atomic mass is 10.1. The number of hydrogen-bond donors (Lipinski definition) is 1. The fourth-order valence-electron chi connectivity index (χ4n) is 2.41. The molecule has 6 heteroatoms. The van der Waals surface area contributed by atoms with Crippen molar-refractivity contribution < 1.29 is 14.6 Å². The number of hydrogen-bond acceptors (Lipinski definition) is 4. The first-order valence-electron chi connectivity index (χ1n) is 7.64. The van der Waals surface area contributed by atoms with Crippen LogP contribution in [0.15, 0.2) is 42.7 Å². The van der Waals surface area contributed by atoms with Crippen LogP contribution in [0.2, 0.25) is 0 Å². The SMILES string of the molecule is CC(C)Oc1ccc(C(C(=O)O)N(C)CCn2cccn2)cc1. The van der Waals surface area contributed by atoms with Gasteiger partial charge in [0.2, 0.25) is 0 Å². The van der Waals surface area contributed by atoms with E-state index >= 15 is 0 Å². The van der Waals surface area contributed by atoms with E-state index in [1.54, 1.807) is 30.1 Å². The molecular formula is C17H23N3O3. The van der Waals surface area contributed by atoms with Gasteiger partial charge in [-0.3, -0.25) is 14.4 Å². The number of carbonyl (C=O) groups is 1. The Labute approximate surface area is 136 Å². The average molecular weight is 317 g/mol. The molecule has 1 unspecified atom stereocenters. The summed E-state index contributed by atoms with van der Waals surface area (Å²) in [5.41, 5.74) is 0.733. The van der Waals surface area contributed by atoms with Gasteiger partial charge < -0.3 is 9.84 Å². The Morgan fingerprint density at radius 1 is 1.35 bits per heavy atom. The van der Waals surface area contributed by atoms with Gasteiger partial charge in [-0.15, -0.1) is 0 Å². The molecule has 0 saturated heterocycles. The van der Waals surface area contributed by atoms with Crippen LogP contribution in [0.1, 0.15) is 25.5 Å². The van der Waals surface area contributed by atoms with Crippen molar-refractivity contribution in [3.8, 4) is 5.75 Å². The van der Waals surface area contributed by atoms with Crippen molar-refractivity contribution in [1.29, 1.82) is 0 Å². The third-order valence-electron chi connectivity index (χ3n) is 3.48. The zero-order valence-corrected chi connectivity index (χ0v) is 13.7. The molecule has 0 aliphatic rings. The second-order valence-electron chi connectivity index (χ2n) is 5.73. The predicted molar refractivity (Wildman–Crippen MR) is 87.4 cm³/mol. The predicted octanol–water partition coefficient (Wildman–Crippen LogP) is 2.43. The minimum Gasteiger partial charge on any atom is -0.491 e. The number of rotatable bonds is 8. The van der Waals surface area contributed by atoms with Gasteiger partial charge in [-0.25, -0.2) is 0 Å². The fourth-order valence-corrected chi connectivity index (χ4v) is 2.41. The maximum atomic E-state index is 11.7. The van der Waals surface area contributed by atoms with Crippen LogP contribution in [-0.2, 0) is 11.3 Å². The second kappa shape index (κ2) is 7.78. The Balaban J connectivity index is 2.06. The van der Waals surface area contributed by atoms with Gasteiger partial charge >= 0.3 is 5.97 Å². The molecule has 23 heavy (non-hydrogen) atoms. The van der Waals surface area contributed by atoms with Crippen molar-refractivity contribution in [3.63, 3.8) is 0 Å². The summed E-state index contributed by atoms with van der Waals surface area (Å²) in [5.74, 6) is -0.127. The van der Waals surface area contributed by atoms with Crippen molar-refractivity contribution >= 4 is 5.97 Å². The van der Waals surface area contributed by atoms with Crippen LogP contribution in [0.5, 0.6) is 5.75 Å². The Morgan fingerprint density at radius 3 is 2.57 bits per heavy atom. The Bertz CT molecular complexity index is 609. The third-order valence-corrected chi connectivity index (χ3v) is 3.48. The molecule has 1 aromatic carbocycles. The van der Waals surface area contributed by atoms with Crippen LogP contribution in [0.3, 0.4) is 0 Å². The van der Waals surface area contributed by atoms with Gasteiger partial charge in [0.1, 0.15) is 11.8 Å². The van der Waals surface area contributed by atoms with Crippen LogP contribution in [-0.4, -0.2) is 45.5 Å². The van der Waals surface area contributed by atoms with E-state index in [2.05, 4.69) is 5.10 Å². The van der Waals surface area contributed by atoms with Gasteiger partial charge in [0.15, 0.2) is 0 Å². The molecule has 124 valence electrons. The maximum absolute atomic E-state index is 11.7. The molecule has 1 atom stereocenters. The first kappa shape index (κ1) is 17.0. The largest absolute Gasteiger partial charge is 0.491 e. The number of aliphatic carboxylic acids is 1. The summed E-state index contributed by atoms with van der Waals surface area (Å²) in [6, 6.07) is 8.39. The topological polar surface area (TPSA) is 67.6 Å². The first-order valence-corrected chi connectivity index (χ1v) is 7.64. The monoisotopic (exact) mass is 317 g/mol. The number of carboxylic acid groups (broad SMARTS) is 1. The van der Waals surface area contributed by atoms with E-state index in [0.717, 1.165) is 11.3 Å². The molecule has 2 rings (SSSR count). The van der Waals surface area contributed by atoms with Crippen LogP contribution < -0.4 is 4.74 Å². The molecule has 0 fully saturated rings. The van der Waals surface area contributed by atoms with E-state index in [4.69, 9.17) is 4.74 Å². The normalized spacial score (nSPS) is 12.6. The summed E-state index contributed by atoms with van der Waals surface area (Å²) in [5, 5.41) is 13.7. The van der Waals surface area contributed by atoms with E-state index in [0.29, 0.717) is 13.1 Å². The van der Waals surface area contributed by atoms with Crippen molar-refractivity contribution in [2.45, 2.75) is 32.5 Å². The van der Waals surface area contributed by atoms with E-state index in [9.17, 15) is 9.90 Å². The number of aromatic nitrogens is 2. The molecule has 0 bridgehead atoms. The smallest absolute Gasteiger partial charge is 0.325 e. The van der Waals surface area contributed by atoms with Gasteiger partial charge in [-0.05, 0) is 44.7 Å². The highest BCUT2D eigenvalue weighted by Crippen LogP contribution is 2.23. The number of likely N-dealkylation sites (N-methyl/N-ethyl adjacent to an activating group) is 1. The summed E-state index contributed by atoms with van der Waals surface area (Å²) >= 11 is 0. The van der Waals surface area contributed by atoms with Gasteiger partial charge in [-0.1, -0.05) is 12.1 Å². The molecule has 0 spiro atoms. The zero-order valence-electron chi connectivity index (χ0n) is 13.7. The maximum Gasteiger partial charge on any atom is 0.325 e. The number of carboxylic acids is 1. The summed E-state index contributed by atoms with van der Waals surface area (Å²) in [6.45, 7) is 5.14. The Hall–Kier alpha value is -2.34. The molecule has 0 aliphatic carbocycles. The number of ether oxygens (including phenoxy) is 1. The zero-order chi connectivity index (χ0) is 16.8. The van der Waals surface area contributed by atoms with Crippen molar-refractivity contribution in [1.82, 2.24) is 14.7 Å². The number of nitrogens with zero attached hydrogens (tertiary/aromatic N) is 3. The average Bonchev–Trinajstić information content (AvgIpc) is 2.99. The minimum absolute atomic E-state index is 0.0906.